The molecule has 2 rings (SSSR count). The lowest BCUT2D eigenvalue weighted by Crippen LogP contribution is -2.13. The molecule has 0 bridgehead atoms. The maximum absolute atomic E-state index is 13.2. The van der Waals surface area contributed by atoms with Gasteiger partial charge in [-0.1, -0.05) is 6.07 Å². The lowest BCUT2D eigenvalue weighted by molar-refractivity contribution is 0.607. The van der Waals surface area contributed by atoms with Crippen molar-refractivity contribution in [1.82, 2.24) is 9.78 Å². The van der Waals surface area contributed by atoms with Gasteiger partial charge in [-0.2, -0.15) is 5.10 Å². The predicted molar refractivity (Wildman–Crippen MR) is 69.6 cm³/mol. The van der Waals surface area contributed by atoms with Gasteiger partial charge in [-0.05, 0) is 48.6 Å². The second kappa shape index (κ2) is 5.31. The maximum Gasteiger partial charge on any atom is 0.123 e. The van der Waals surface area contributed by atoms with E-state index < -0.39 is 0 Å². The highest BCUT2D eigenvalue weighted by molar-refractivity contribution is 5.29. The molecule has 0 amide bonds. The summed E-state index contributed by atoms with van der Waals surface area (Å²) >= 11 is 0. The van der Waals surface area contributed by atoms with Crippen molar-refractivity contribution in [2.45, 2.75) is 25.8 Å². The normalized spacial score (nSPS) is 12.7. The van der Waals surface area contributed by atoms with E-state index in [2.05, 4.69) is 5.10 Å². The molecule has 1 aromatic carbocycles. The molecule has 1 heterocycles. The largest absolute Gasteiger partial charge is 0.324 e. The van der Waals surface area contributed by atoms with Crippen LogP contribution in [0.5, 0.6) is 0 Å². The third-order valence-electron chi connectivity index (χ3n) is 3.14. The summed E-state index contributed by atoms with van der Waals surface area (Å²) in [5, 5.41) is 4.11. The Balaban J connectivity index is 2.03. The van der Waals surface area contributed by atoms with Gasteiger partial charge in [0.1, 0.15) is 5.82 Å². The molecule has 1 aromatic heterocycles. The molecule has 0 aliphatic carbocycles. The second-order valence-electron chi connectivity index (χ2n) is 4.67. The van der Waals surface area contributed by atoms with E-state index in [0.717, 1.165) is 29.5 Å². The minimum Gasteiger partial charge on any atom is -0.324 e. The first-order valence-electron chi connectivity index (χ1n) is 6.05. The Morgan fingerprint density at radius 3 is 2.89 bits per heavy atom. The first-order chi connectivity index (χ1) is 8.56. The molecule has 96 valence electrons. The number of aromatic nitrogens is 2. The standard InChI is InChI=1S/C14H18FN3/c1-10-3-5-12(15)7-13(10)14(16)6-4-11-8-17-18(2)9-11/h3,5,7-9,14H,4,6,16H2,1-2H3. The van der Waals surface area contributed by atoms with Crippen LogP contribution in [-0.4, -0.2) is 9.78 Å². The van der Waals surface area contributed by atoms with Crippen LogP contribution in [-0.2, 0) is 13.5 Å². The topological polar surface area (TPSA) is 43.8 Å². The van der Waals surface area contributed by atoms with Gasteiger partial charge in [0, 0.05) is 19.3 Å². The summed E-state index contributed by atoms with van der Waals surface area (Å²) in [5.74, 6) is -0.229. The average Bonchev–Trinajstić information content (AvgIpc) is 2.75. The molecule has 18 heavy (non-hydrogen) atoms. The summed E-state index contributed by atoms with van der Waals surface area (Å²) in [4.78, 5) is 0. The average molecular weight is 247 g/mol. The van der Waals surface area contributed by atoms with Crippen LogP contribution in [0.2, 0.25) is 0 Å². The van der Waals surface area contributed by atoms with Crippen molar-refractivity contribution in [3.8, 4) is 0 Å². The minimum atomic E-state index is -0.229. The number of aryl methyl sites for hydroxylation is 3. The highest BCUT2D eigenvalue weighted by Gasteiger charge is 2.10. The van der Waals surface area contributed by atoms with Crippen LogP contribution < -0.4 is 5.73 Å². The molecular formula is C14H18FN3. The van der Waals surface area contributed by atoms with Crippen molar-refractivity contribution >= 4 is 0 Å². The first-order valence-corrected chi connectivity index (χ1v) is 6.05. The van der Waals surface area contributed by atoms with Gasteiger partial charge in [0.2, 0.25) is 0 Å². The van der Waals surface area contributed by atoms with E-state index in [1.807, 2.05) is 26.4 Å². The van der Waals surface area contributed by atoms with Gasteiger partial charge in [0.25, 0.3) is 0 Å². The predicted octanol–water partition coefficient (Wildman–Crippen LogP) is 2.50. The number of nitrogens with zero attached hydrogens (tertiary/aromatic N) is 2. The first kappa shape index (κ1) is 12.8. The number of hydrogen-bond acceptors (Lipinski definition) is 2. The Hall–Kier alpha value is -1.68. The van der Waals surface area contributed by atoms with Gasteiger partial charge in [-0.3, -0.25) is 4.68 Å². The van der Waals surface area contributed by atoms with Crippen molar-refractivity contribution in [1.29, 1.82) is 0 Å². The Morgan fingerprint density at radius 2 is 2.22 bits per heavy atom. The summed E-state index contributed by atoms with van der Waals surface area (Å²) in [5.41, 5.74) is 9.21. The highest BCUT2D eigenvalue weighted by Crippen LogP contribution is 2.21. The molecule has 1 atom stereocenters. The lowest BCUT2D eigenvalue weighted by atomic mass is 9.97. The summed E-state index contributed by atoms with van der Waals surface area (Å²) in [7, 11) is 1.89. The van der Waals surface area contributed by atoms with Crippen LogP contribution in [0.3, 0.4) is 0 Å². The fraction of sp³-hybridized carbons (Fsp3) is 0.357. The van der Waals surface area contributed by atoms with E-state index >= 15 is 0 Å². The van der Waals surface area contributed by atoms with Crippen LogP contribution >= 0.6 is 0 Å². The van der Waals surface area contributed by atoms with Crippen LogP contribution in [0.1, 0.15) is 29.2 Å². The number of rotatable bonds is 4. The van der Waals surface area contributed by atoms with E-state index in [1.165, 1.54) is 12.1 Å². The van der Waals surface area contributed by atoms with Crippen LogP contribution in [0.15, 0.2) is 30.6 Å². The summed E-state index contributed by atoms with van der Waals surface area (Å²) in [6.07, 6.45) is 5.46. The molecule has 0 radical (unpaired) electrons. The molecule has 0 fully saturated rings. The molecule has 0 aliphatic heterocycles. The molecule has 3 nitrogen and oxygen atoms in total. The Labute approximate surface area is 106 Å². The third-order valence-corrected chi connectivity index (χ3v) is 3.14. The third kappa shape index (κ3) is 2.96. The van der Waals surface area contributed by atoms with E-state index in [1.54, 1.807) is 10.7 Å². The van der Waals surface area contributed by atoms with E-state index in [0.29, 0.717) is 0 Å². The van der Waals surface area contributed by atoms with Crippen molar-refractivity contribution in [2.24, 2.45) is 12.8 Å². The maximum atomic E-state index is 13.2. The van der Waals surface area contributed by atoms with Gasteiger partial charge in [0.05, 0.1) is 6.20 Å². The zero-order chi connectivity index (χ0) is 13.1. The van der Waals surface area contributed by atoms with Crippen LogP contribution in [0, 0.1) is 12.7 Å². The highest BCUT2D eigenvalue weighted by atomic mass is 19.1. The van der Waals surface area contributed by atoms with Crippen molar-refractivity contribution in [2.75, 3.05) is 0 Å². The van der Waals surface area contributed by atoms with Gasteiger partial charge in [-0.25, -0.2) is 4.39 Å². The Bertz CT molecular complexity index is 534. The molecule has 0 saturated carbocycles. The smallest absolute Gasteiger partial charge is 0.123 e. The molecule has 0 spiro atoms. The van der Waals surface area contributed by atoms with Gasteiger partial charge in [0.15, 0.2) is 0 Å². The summed E-state index contributed by atoms with van der Waals surface area (Å²) in [6.45, 7) is 1.96. The van der Waals surface area contributed by atoms with Crippen molar-refractivity contribution in [3.63, 3.8) is 0 Å². The monoisotopic (exact) mass is 247 g/mol. The summed E-state index contributed by atoms with van der Waals surface area (Å²) < 4.78 is 15.0. The number of halogens is 1. The molecule has 2 aromatic rings. The minimum absolute atomic E-state index is 0.138. The number of hydrogen-bond donors (Lipinski definition) is 1. The molecule has 0 aliphatic rings. The van der Waals surface area contributed by atoms with Crippen molar-refractivity contribution in [3.05, 3.63) is 53.1 Å². The quantitative estimate of drug-likeness (QED) is 0.902. The van der Waals surface area contributed by atoms with E-state index in [-0.39, 0.29) is 11.9 Å². The van der Waals surface area contributed by atoms with E-state index in [4.69, 9.17) is 5.73 Å². The Morgan fingerprint density at radius 1 is 1.44 bits per heavy atom. The van der Waals surface area contributed by atoms with E-state index in [9.17, 15) is 4.39 Å². The molecule has 4 heteroatoms. The van der Waals surface area contributed by atoms with Gasteiger partial charge in [-0.15, -0.1) is 0 Å². The fourth-order valence-corrected chi connectivity index (χ4v) is 2.09. The molecular weight excluding hydrogens is 229 g/mol. The van der Waals surface area contributed by atoms with Crippen molar-refractivity contribution < 1.29 is 4.39 Å². The van der Waals surface area contributed by atoms with Crippen LogP contribution in [0.4, 0.5) is 4.39 Å². The zero-order valence-electron chi connectivity index (χ0n) is 10.7. The Kier molecular flexibility index (Phi) is 3.77. The molecule has 0 saturated heterocycles. The molecule has 1 unspecified atom stereocenters. The van der Waals surface area contributed by atoms with Gasteiger partial charge >= 0.3 is 0 Å². The van der Waals surface area contributed by atoms with Crippen LogP contribution in [0.25, 0.3) is 0 Å². The summed E-state index contributed by atoms with van der Waals surface area (Å²) in [6, 6.07) is 4.63. The number of nitrogens with two attached hydrogens (primary N) is 1. The fourth-order valence-electron chi connectivity index (χ4n) is 2.09. The SMILES string of the molecule is Cc1ccc(F)cc1C(N)CCc1cnn(C)c1. The second-order valence-corrected chi connectivity index (χ2v) is 4.67. The van der Waals surface area contributed by atoms with Gasteiger partial charge < -0.3 is 5.73 Å². The lowest BCUT2D eigenvalue weighted by Gasteiger charge is -2.14. The number of benzene rings is 1. The zero-order valence-corrected chi connectivity index (χ0v) is 10.7. The molecule has 2 N–H and O–H groups in total.